The molecule has 10 heteroatoms. The van der Waals surface area contributed by atoms with Crippen LogP contribution in [0.25, 0.3) is 15.9 Å². The van der Waals surface area contributed by atoms with E-state index in [-0.39, 0.29) is 12.2 Å². The molecule has 0 aliphatic rings. The number of thiophene rings is 1. The van der Waals surface area contributed by atoms with Crippen molar-refractivity contribution in [1.29, 1.82) is 0 Å². The maximum absolute atomic E-state index is 12.3. The van der Waals surface area contributed by atoms with E-state index in [4.69, 9.17) is 16.3 Å². The van der Waals surface area contributed by atoms with Gasteiger partial charge in [0.05, 0.1) is 16.3 Å². The number of hydrogen-bond donors (Lipinski definition) is 1. The first-order valence-corrected chi connectivity index (χ1v) is 11.9. The van der Waals surface area contributed by atoms with E-state index in [0.717, 1.165) is 5.69 Å². The number of H-pyrrole nitrogens is 1. The lowest BCUT2D eigenvalue weighted by Crippen LogP contribution is -2.10. The van der Waals surface area contributed by atoms with E-state index in [1.807, 2.05) is 64.5 Å². The average molecular weight is 482 g/mol. The van der Waals surface area contributed by atoms with Crippen molar-refractivity contribution in [3.8, 4) is 11.4 Å². The lowest BCUT2D eigenvalue weighted by atomic mass is 10.3. The van der Waals surface area contributed by atoms with E-state index in [1.54, 1.807) is 6.07 Å². The van der Waals surface area contributed by atoms with Crippen LogP contribution < -0.4 is 10.3 Å². The van der Waals surface area contributed by atoms with Crippen LogP contribution in [-0.4, -0.2) is 24.7 Å². The van der Waals surface area contributed by atoms with Crippen molar-refractivity contribution in [2.75, 3.05) is 0 Å². The Morgan fingerprint density at radius 2 is 1.88 bits per heavy atom. The SMILES string of the molecule is O=c1[nH]c(CSc2nnc(COc3ccccc3Cl)n2-c2ccccc2)nc2ccsc12. The highest BCUT2D eigenvalue weighted by atomic mass is 35.5. The van der Waals surface area contributed by atoms with E-state index in [9.17, 15) is 4.79 Å². The summed E-state index contributed by atoms with van der Waals surface area (Å²) in [6, 6.07) is 18.9. The number of nitrogens with zero attached hydrogens (tertiary/aromatic N) is 4. The van der Waals surface area contributed by atoms with Crippen LogP contribution in [0.15, 0.2) is 76.0 Å². The molecule has 3 heterocycles. The third kappa shape index (κ3) is 4.27. The summed E-state index contributed by atoms with van der Waals surface area (Å²) in [5, 5.41) is 11.8. The van der Waals surface area contributed by atoms with Crippen LogP contribution in [0.5, 0.6) is 5.75 Å². The Balaban J connectivity index is 1.42. The zero-order chi connectivity index (χ0) is 21.9. The Labute approximate surface area is 196 Å². The van der Waals surface area contributed by atoms with Gasteiger partial charge in [-0.05, 0) is 35.7 Å². The summed E-state index contributed by atoms with van der Waals surface area (Å²) in [7, 11) is 0. The fraction of sp³-hybridized carbons (Fsp3) is 0.0909. The minimum atomic E-state index is -0.126. The molecular formula is C22H16ClN5O2S2. The molecule has 1 N–H and O–H groups in total. The van der Waals surface area contributed by atoms with Gasteiger partial charge in [0.2, 0.25) is 0 Å². The lowest BCUT2D eigenvalue weighted by molar-refractivity contribution is 0.293. The first-order chi connectivity index (χ1) is 15.7. The van der Waals surface area contributed by atoms with Crippen molar-refractivity contribution >= 4 is 44.9 Å². The highest BCUT2D eigenvalue weighted by Crippen LogP contribution is 2.27. The lowest BCUT2D eigenvalue weighted by Gasteiger charge is -2.11. The van der Waals surface area contributed by atoms with Gasteiger partial charge >= 0.3 is 0 Å². The number of thioether (sulfide) groups is 1. The molecule has 3 aromatic heterocycles. The van der Waals surface area contributed by atoms with Gasteiger partial charge in [-0.15, -0.1) is 21.5 Å². The Morgan fingerprint density at radius 1 is 1.06 bits per heavy atom. The summed E-state index contributed by atoms with van der Waals surface area (Å²) in [5.41, 5.74) is 1.49. The predicted octanol–water partition coefficient (Wildman–Crippen LogP) is 5.09. The fourth-order valence-corrected chi connectivity index (χ4v) is 4.91. The van der Waals surface area contributed by atoms with Gasteiger partial charge in [-0.25, -0.2) is 4.98 Å². The summed E-state index contributed by atoms with van der Waals surface area (Å²) >= 11 is 9.03. The Bertz CT molecular complexity index is 1430. The second-order valence-electron chi connectivity index (χ2n) is 6.73. The molecular weight excluding hydrogens is 466 g/mol. The number of fused-ring (bicyclic) bond motifs is 1. The van der Waals surface area contributed by atoms with Gasteiger partial charge in [-0.2, -0.15) is 0 Å². The van der Waals surface area contributed by atoms with Crippen molar-refractivity contribution < 1.29 is 4.74 Å². The Morgan fingerprint density at radius 3 is 2.72 bits per heavy atom. The maximum Gasteiger partial charge on any atom is 0.268 e. The van der Waals surface area contributed by atoms with Crippen molar-refractivity contribution in [2.24, 2.45) is 0 Å². The molecule has 160 valence electrons. The molecule has 0 unspecified atom stereocenters. The Hall–Kier alpha value is -3.14. The first kappa shape index (κ1) is 20.7. The largest absolute Gasteiger partial charge is 0.484 e. The van der Waals surface area contributed by atoms with E-state index in [0.29, 0.717) is 43.5 Å². The fourth-order valence-electron chi connectivity index (χ4n) is 3.15. The molecule has 0 bridgehead atoms. The molecule has 5 aromatic rings. The highest BCUT2D eigenvalue weighted by Gasteiger charge is 2.16. The number of ether oxygens (including phenoxy) is 1. The number of para-hydroxylation sites is 2. The summed E-state index contributed by atoms with van der Waals surface area (Å²) < 4.78 is 8.46. The zero-order valence-corrected chi connectivity index (χ0v) is 19.0. The molecule has 0 spiro atoms. The van der Waals surface area contributed by atoms with Crippen LogP contribution in [0, 0.1) is 0 Å². The highest BCUT2D eigenvalue weighted by molar-refractivity contribution is 7.98. The summed E-state index contributed by atoms with van der Waals surface area (Å²) in [5.74, 6) is 2.24. The molecule has 2 aromatic carbocycles. The standard InChI is InChI=1S/C22H16ClN5O2S2/c23-15-8-4-5-9-17(15)30-12-19-26-27-22(28(19)14-6-2-1-3-7-14)32-13-18-24-16-10-11-31-20(16)21(29)25-18/h1-11H,12-13H2,(H,24,25,29). The van der Waals surface area contributed by atoms with Crippen molar-refractivity contribution in [2.45, 2.75) is 17.5 Å². The van der Waals surface area contributed by atoms with Crippen LogP contribution in [0.1, 0.15) is 11.6 Å². The van der Waals surface area contributed by atoms with E-state index in [2.05, 4.69) is 20.2 Å². The van der Waals surface area contributed by atoms with E-state index >= 15 is 0 Å². The quantitative estimate of drug-likeness (QED) is 0.326. The van der Waals surface area contributed by atoms with Crippen LogP contribution in [-0.2, 0) is 12.4 Å². The minimum absolute atomic E-state index is 0.126. The van der Waals surface area contributed by atoms with Gasteiger partial charge in [0.1, 0.15) is 22.9 Å². The average Bonchev–Trinajstić information content (AvgIpc) is 3.45. The number of aromatic nitrogens is 5. The van der Waals surface area contributed by atoms with Gasteiger partial charge in [0.15, 0.2) is 11.0 Å². The number of halogens is 1. The minimum Gasteiger partial charge on any atom is -0.484 e. The number of benzene rings is 2. The maximum atomic E-state index is 12.3. The molecule has 32 heavy (non-hydrogen) atoms. The van der Waals surface area contributed by atoms with Crippen LogP contribution in [0.2, 0.25) is 5.02 Å². The van der Waals surface area contributed by atoms with E-state index in [1.165, 1.54) is 23.1 Å². The third-order valence-corrected chi connectivity index (χ3v) is 6.76. The normalized spacial score (nSPS) is 11.2. The molecule has 0 aliphatic carbocycles. The number of aromatic amines is 1. The molecule has 0 fully saturated rings. The molecule has 0 saturated carbocycles. The van der Waals surface area contributed by atoms with Crippen molar-refractivity contribution in [3.05, 3.63) is 93.1 Å². The molecule has 0 amide bonds. The van der Waals surface area contributed by atoms with Gasteiger partial charge in [-0.3, -0.25) is 9.36 Å². The van der Waals surface area contributed by atoms with Gasteiger partial charge in [0.25, 0.3) is 5.56 Å². The molecule has 0 saturated heterocycles. The van der Waals surface area contributed by atoms with Crippen molar-refractivity contribution in [1.82, 2.24) is 24.7 Å². The first-order valence-electron chi connectivity index (χ1n) is 9.65. The predicted molar refractivity (Wildman–Crippen MR) is 127 cm³/mol. The molecule has 0 atom stereocenters. The number of hydrogen-bond acceptors (Lipinski definition) is 7. The topological polar surface area (TPSA) is 85.7 Å². The van der Waals surface area contributed by atoms with Crippen LogP contribution in [0.3, 0.4) is 0 Å². The molecule has 0 radical (unpaired) electrons. The van der Waals surface area contributed by atoms with E-state index < -0.39 is 0 Å². The monoisotopic (exact) mass is 481 g/mol. The molecule has 5 rings (SSSR count). The van der Waals surface area contributed by atoms with Gasteiger partial charge < -0.3 is 9.72 Å². The summed E-state index contributed by atoms with van der Waals surface area (Å²) in [6.07, 6.45) is 0. The second-order valence-corrected chi connectivity index (χ2v) is 8.99. The number of nitrogens with one attached hydrogen (secondary N) is 1. The summed E-state index contributed by atoms with van der Waals surface area (Å²) in [6.45, 7) is 0.197. The smallest absolute Gasteiger partial charge is 0.268 e. The van der Waals surface area contributed by atoms with Gasteiger partial charge in [0, 0.05) is 5.69 Å². The van der Waals surface area contributed by atoms with Gasteiger partial charge in [-0.1, -0.05) is 53.7 Å². The van der Waals surface area contributed by atoms with Crippen LogP contribution >= 0.6 is 34.7 Å². The summed E-state index contributed by atoms with van der Waals surface area (Å²) in [4.78, 5) is 19.7. The zero-order valence-electron chi connectivity index (χ0n) is 16.6. The number of rotatable bonds is 7. The molecule has 7 nitrogen and oxygen atoms in total. The molecule has 0 aliphatic heterocycles. The third-order valence-electron chi connectivity index (χ3n) is 4.61. The second kappa shape index (κ2) is 9.15. The Kier molecular flexibility index (Phi) is 5.93. The van der Waals surface area contributed by atoms with Crippen LogP contribution in [0.4, 0.5) is 0 Å². The van der Waals surface area contributed by atoms with Crippen molar-refractivity contribution in [3.63, 3.8) is 0 Å².